The SMILES string of the molecule is CC1(C)CCC(C)(C)c2sc(C(C)(O)c3ccc(C(=O)O)nc3)nc21. The monoisotopic (exact) mass is 360 g/mol. The summed E-state index contributed by atoms with van der Waals surface area (Å²) in [6, 6.07) is 3.01. The summed E-state index contributed by atoms with van der Waals surface area (Å²) in [7, 11) is 0. The van der Waals surface area contributed by atoms with Gasteiger partial charge in [-0.15, -0.1) is 11.3 Å². The van der Waals surface area contributed by atoms with Gasteiger partial charge in [0.1, 0.15) is 16.3 Å². The summed E-state index contributed by atoms with van der Waals surface area (Å²) >= 11 is 1.55. The maximum atomic E-state index is 11.1. The second kappa shape index (κ2) is 5.61. The Balaban J connectivity index is 2.07. The molecule has 2 N–H and O–H groups in total. The fourth-order valence-corrected chi connectivity index (χ4v) is 4.68. The Bertz CT molecular complexity index is 786. The van der Waals surface area contributed by atoms with Crippen molar-refractivity contribution in [2.75, 3.05) is 0 Å². The maximum absolute atomic E-state index is 11.1. The van der Waals surface area contributed by atoms with Crippen LogP contribution in [0.3, 0.4) is 0 Å². The second-order valence-electron chi connectivity index (χ2n) is 8.27. The number of pyridine rings is 1. The van der Waals surface area contributed by atoms with Crippen molar-refractivity contribution in [1.29, 1.82) is 0 Å². The number of carboxylic acids is 1. The molecule has 0 saturated carbocycles. The second-order valence-corrected chi connectivity index (χ2v) is 9.27. The summed E-state index contributed by atoms with van der Waals surface area (Å²) in [5, 5.41) is 20.8. The third kappa shape index (κ3) is 2.98. The van der Waals surface area contributed by atoms with Crippen molar-refractivity contribution >= 4 is 17.3 Å². The number of aliphatic hydroxyl groups is 1. The van der Waals surface area contributed by atoms with Gasteiger partial charge >= 0.3 is 5.97 Å². The molecule has 3 rings (SSSR count). The van der Waals surface area contributed by atoms with E-state index in [1.807, 2.05) is 0 Å². The highest BCUT2D eigenvalue weighted by Crippen LogP contribution is 2.49. The molecule has 0 spiro atoms. The molecule has 2 aromatic heterocycles. The molecule has 0 aromatic carbocycles. The van der Waals surface area contributed by atoms with Crippen LogP contribution in [0.2, 0.25) is 0 Å². The highest BCUT2D eigenvalue weighted by Gasteiger charge is 2.43. The van der Waals surface area contributed by atoms with Gasteiger partial charge in [0, 0.05) is 27.5 Å². The van der Waals surface area contributed by atoms with E-state index in [9.17, 15) is 9.90 Å². The summed E-state index contributed by atoms with van der Waals surface area (Å²) in [6.45, 7) is 10.5. The van der Waals surface area contributed by atoms with Crippen LogP contribution in [0.1, 0.15) is 79.1 Å². The van der Waals surface area contributed by atoms with E-state index >= 15 is 0 Å². The lowest BCUT2D eigenvalue weighted by Crippen LogP contribution is -2.32. The van der Waals surface area contributed by atoms with E-state index in [0.717, 1.165) is 18.5 Å². The number of thiazole rings is 1. The maximum Gasteiger partial charge on any atom is 0.354 e. The minimum absolute atomic E-state index is 0.0128. The van der Waals surface area contributed by atoms with Crippen molar-refractivity contribution in [3.63, 3.8) is 0 Å². The van der Waals surface area contributed by atoms with E-state index in [2.05, 4.69) is 32.7 Å². The zero-order valence-corrected chi connectivity index (χ0v) is 16.1. The highest BCUT2D eigenvalue weighted by atomic mass is 32.1. The van der Waals surface area contributed by atoms with Crippen LogP contribution < -0.4 is 0 Å². The number of carboxylic acid groups (broad SMARTS) is 1. The molecular weight excluding hydrogens is 336 g/mol. The fraction of sp³-hybridized carbons (Fsp3) is 0.526. The van der Waals surface area contributed by atoms with Crippen molar-refractivity contribution in [2.45, 2.75) is 63.9 Å². The molecule has 2 heterocycles. The first kappa shape index (κ1) is 18.0. The van der Waals surface area contributed by atoms with Gasteiger partial charge in [-0.2, -0.15) is 0 Å². The van der Waals surface area contributed by atoms with E-state index in [1.54, 1.807) is 24.3 Å². The molecule has 1 aliphatic rings. The number of carbonyl (C=O) groups is 1. The standard InChI is InChI=1S/C19H24N2O3S/c1-17(2)8-9-18(3,4)14-13(17)21-16(25-14)19(5,24)11-6-7-12(15(22)23)20-10-11/h6-7,10,24H,8-9H2,1-5H3,(H,22,23). The normalized spacial score (nSPS) is 20.6. The van der Waals surface area contributed by atoms with Crippen LogP contribution in [0.4, 0.5) is 0 Å². The number of fused-ring (bicyclic) bond motifs is 1. The van der Waals surface area contributed by atoms with Gasteiger partial charge in [-0.25, -0.2) is 14.8 Å². The van der Waals surface area contributed by atoms with Gasteiger partial charge in [0.15, 0.2) is 0 Å². The van der Waals surface area contributed by atoms with Crippen LogP contribution in [0.15, 0.2) is 18.3 Å². The lowest BCUT2D eigenvalue weighted by atomic mass is 9.69. The van der Waals surface area contributed by atoms with Gasteiger partial charge in [0.2, 0.25) is 0 Å². The molecule has 0 fully saturated rings. The Morgan fingerprint density at radius 3 is 2.36 bits per heavy atom. The van der Waals surface area contributed by atoms with Crippen molar-refractivity contribution in [1.82, 2.24) is 9.97 Å². The summed E-state index contributed by atoms with van der Waals surface area (Å²) < 4.78 is 0. The van der Waals surface area contributed by atoms with Crippen LogP contribution in [-0.2, 0) is 16.4 Å². The van der Waals surface area contributed by atoms with E-state index in [4.69, 9.17) is 10.1 Å². The quantitative estimate of drug-likeness (QED) is 0.869. The number of hydrogen-bond acceptors (Lipinski definition) is 5. The minimum atomic E-state index is -1.31. The largest absolute Gasteiger partial charge is 0.477 e. The molecule has 6 heteroatoms. The Labute approximate surface area is 151 Å². The van der Waals surface area contributed by atoms with Crippen LogP contribution in [0.25, 0.3) is 0 Å². The third-order valence-corrected chi connectivity index (χ3v) is 6.85. The van der Waals surface area contributed by atoms with Crippen molar-refractivity contribution < 1.29 is 15.0 Å². The Kier molecular flexibility index (Phi) is 4.04. The predicted molar refractivity (Wildman–Crippen MR) is 97.3 cm³/mol. The molecule has 5 nitrogen and oxygen atoms in total. The topological polar surface area (TPSA) is 83.3 Å². The molecule has 1 aliphatic carbocycles. The molecule has 0 aliphatic heterocycles. The molecule has 0 radical (unpaired) electrons. The molecule has 1 unspecified atom stereocenters. The smallest absolute Gasteiger partial charge is 0.354 e. The van der Waals surface area contributed by atoms with Crippen LogP contribution >= 0.6 is 11.3 Å². The Hall–Kier alpha value is -1.79. The number of aromatic nitrogens is 2. The molecule has 1 atom stereocenters. The molecule has 0 bridgehead atoms. The van der Waals surface area contributed by atoms with Crippen molar-refractivity contribution in [3.8, 4) is 0 Å². The number of rotatable bonds is 3. The number of hydrogen-bond donors (Lipinski definition) is 2. The van der Waals surface area contributed by atoms with E-state index < -0.39 is 11.6 Å². The van der Waals surface area contributed by atoms with Gasteiger partial charge in [-0.05, 0) is 25.8 Å². The molecular formula is C19H24N2O3S. The van der Waals surface area contributed by atoms with E-state index in [0.29, 0.717) is 10.6 Å². The summed E-state index contributed by atoms with van der Waals surface area (Å²) in [6.07, 6.45) is 3.57. The average molecular weight is 360 g/mol. The zero-order chi connectivity index (χ0) is 18.6. The Morgan fingerprint density at radius 2 is 1.84 bits per heavy atom. The van der Waals surface area contributed by atoms with E-state index in [-0.39, 0.29) is 16.5 Å². The van der Waals surface area contributed by atoms with Crippen molar-refractivity contribution in [3.05, 3.63) is 45.2 Å². The first-order valence-corrected chi connectivity index (χ1v) is 9.21. The summed E-state index contributed by atoms with van der Waals surface area (Å²) in [5.74, 6) is -1.08. The lowest BCUT2D eigenvalue weighted by molar-refractivity contribution is 0.0688. The third-order valence-electron chi connectivity index (χ3n) is 5.22. The first-order valence-electron chi connectivity index (χ1n) is 8.40. The van der Waals surface area contributed by atoms with Gasteiger partial charge in [-0.1, -0.05) is 33.8 Å². The first-order chi connectivity index (χ1) is 11.4. The van der Waals surface area contributed by atoms with Crippen LogP contribution in [0, 0.1) is 0 Å². The van der Waals surface area contributed by atoms with Crippen molar-refractivity contribution in [2.24, 2.45) is 0 Å². The van der Waals surface area contributed by atoms with Crippen LogP contribution in [0.5, 0.6) is 0 Å². The van der Waals surface area contributed by atoms with Gasteiger partial charge < -0.3 is 10.2 Å². The van der Waals surface area contributed by atoms with Crippen LogP contribution in [-0.4, -0.2) is 26.2 Å². The highest BCUT2D eigenvalue weighted by molar-refractivity contribution is 7.12. The summed E-state index contributed by atoms with van der Waals surface area (Å²) in [4.78, 5) is 21.0. The zero-order valence-electron chi connectivity index (χ0n) is 15.3. The molecule has 0 amide bonds. The van der Waals surface area contributed by atoms with Gasteiger partial charge in [0.25, 0.3) is 0 Å². The molecule has 0 saturated heterocycles. The lowest BCUT2D eigenvalue weighted by Gasteiger charge is -2.37. The molecule has 2 aromatic rings. The average Bonchev–Trinajstić information content (AvgIpc) is 3.01. The fourth-order valence-electron chi connectivity index (χ4n) is 3.23. The Morgan fingerprint density at radius 1 is 1.20 bits per heavy atom. The van der Waals surface area contributed by atoms with Gasteiger partial charge in [0.05, 0.1) is 5.69 Å². The number of nitrogens with zero attached hydrogens (tertiary/aromatic N) is 2. The van der Waals surface area contributed by atoms with E-state index in [1.165, 1.54) is 17.1 Å². The van der Waals surface area contributed by atoms with Gasteiger partial charge in [-0.3, -0.25) is 0 Å². The summed E-state index contributed by atoms with van der Waals surface area (Å²) in [5.41, 5.74) is 0.292. The molecule has 25 heavy (non-hydrogen) atoms. The number of aromatic carboxylic acids is 1. The molecule has 134 valence electrons. The predicted octanol–water partition coefficient (Wildman–Crippen LogP) is 3.84. The minimum Gasteiger partial charge on any atom is -0.477 e.